The number of carbonyl (C=O) groups is 2. The molecule has 3 heterocycles. The molecule has 5 rings (SSSR count). The van der Waals surface area contributed by atoms with Gasteiger partial charge in [-0.25, -0.2) is 14.1 Å². The van der Waals surface area contributed by atoms with E-state index >= 15 is 0 Å². The van der Waals surface area contributed by atoms with Crippen LogP contribution in [-0.2, 0) is 20.7 Å². The van der Waals surface area contributed by atoms with Gasteiger partial charge in [-0.3, -0.25) is 9.59 Å². The predicted octanol–water partition coefficient (Wildman–Crippen LogP) is 3.30. The van der Waals surface area contributed by atoms with Gasteiger partial charge in [0, 0.05) is 23.0 Å². The van der Waals surface area contributed by atoms with Crippen molar-refractivity contribution in [2.24, 2.45) is 5.73 Å². The van der Waals surface area contributed by atoms with Crippen molar-refractivity contribution in [3.05, 3.63) is 101 Å². The van der Waals surface area contributed by atoms with E-state index in [0.717, 1.165) is 5.56 Å². The summed E-state index contributed by atoms with van der Waals surface area (Å²) in [7, 11) is 0. The zero-order valence-corrected chi connectivity index (χ0v) is 20.8. The average Bonchev–Trinajstić information content (AvgIpc) is 3.61. The Morgan fingerprint density at radius 2 is 1.79 bits per heavy atom. The number of pyridine rings is 1. The fourth-order valence-corrected chi connectivity index (χ4v) is 4.42. The molecular weight excluding hydrogens is 513 g/mol. The van der Waals surface area contributed by atoms with Crippen LogP contribution in [0.4, 0.5) is 4.39 Å². The molecule has 2 aromatic carbocycles. The third kappa shape index (κ3) is 5.14. The lowest BCUT2D eigenvalue weighted by Crippen LogP contribution is -2.61. The molecule has 2 aromatic heterocycles. The molecular formula is C27H23ClFN5O4. The molecule has 38 heavy (non-hydrogen) atoms. The van der Waals surface area contributed by atoms with Crippen LogP contribution >= 0.6 is 11.6 Å². The molecule has 0 saturated carbocycles. The molecule has 0 spiro atoms. The van der Waals surface area contributed by atoms with Crippen molar-refractivity contribution >= 4 is 23.4 Å². The molecule has 11 heteroatoms. The Morgan fingerprint density at radius 3 is 2.47 bits per heavy atom. The number of nitrogens with zero attached hydrogens (tertiary/aromatic N) is 3. The van der Waals surface area contributed by atoms with Gasteiger partial charge in [0.15, 0.2) is 5.82 Å². The lowest BCUT2D eigenvalue weighted by Gasteiger charge is -2.33. The van der Waals surface area contributed by atoms with Crippen LogP contribution in [0, 0.1) is 5.82 Å². The highest BCUT2D eigenvalue weighted by Crippen LogP contribution is 2.27. The van der Waals surface area contributed by atoms with Gasteiger partial charge in [0.2, 0.25) is 0 Å². The quantitative estimate of drug-likeness (QED) is 0.357. The first-order chi connectivity index (χ1) is 18.4. The number of hydrogen-bond acceptors (Lipinski definition) is 6. The van der Waals surface area contributed by atoms with Crippen molar-refractivity contribution < 1.29 is 23.5 Å². The SMILES string of the molecule is NC(=O)C1(C(Cc2ccc(Cl)cc2)NC(=O)c2cccnc2-n2ccc(-c3ccc(F)cc3)n2)OCCO1. The molecule has 3 N–H and O–H groups in total. The Morgan fingerprint density at radius 1 is 1.08 bits per heavy atom. The minimum Gasteiger partial charge on any atom is -0.365 e. The molecule has 1 aliphatic heterocycles. The number of aromatic nitrogens is 3. The first-order valence-corrected chi connectivity index (χ1v) is 12.1. The van der Waals surface area contributed by atoms with E-state index in [4.69, 9.17) is 26.8 Å². The summed E-state index contributed by atoms with van der Waals surface area (Å²) in [5.41, 5.74) is 7.95. The summed E-state index contributed by atoms with van der Waals surface area (Å²) in [4.78, 5) is 30.5. The van der Waals surface area contributed by atoms with E-state index in [1.807, 2.05) is 0 Å². The highest BCUT2D eigenvalue weighted by atomic mass is 35.5. The number of ether oxygens (including phenoxy) is 2. The van der Waals surface area contributed by atoms with Crippen molar-refractivity contribution in [3.63, 3.8) is 0 Å². The molecule has 1 unspecified atom stereocenters. The maximum Gasteiger partial charge on any atom is 0.280 e. The van der Waals surface area contributed by atoms with Crippen LogP contribution < -0.4 is 11.1 Å². The zero-order valence-electron chi connectivity index (χ0n) is 20.0. The van der Waals surface area contributed by atoms with Crippen LogP contribution in [0.1, 0.15) is 15.9 Å². The normalized spacial score (nSPS) is 15.2. The Balaban J connectivity index is 1.46. The monoisotopic (exact) mass is 535 g/mol. The predicted molar refractivity (Wildman–Crippen MR) is 137 cm³/mol. The summed E-state index contributed by atoms with van der Waals surface area (Å²) in [5.74, 6) is -3.33. The van der Waals surface area contributed by atoms with Crippen molar-refractivity contribution in [3.8, 4) is 17.1 Å². The van der Waals surface area contributed by atoms with E-state index in [1.165, 1.54) is 23.0 Å². The van der Waals surface area contributed by atoms with Gasteiger partial charge in [-0.15, -0.1) is 0 Å². The molecule has 1 fully saturated rings. The Labute approximate surface area is 222 Å². The number of nitrogens with one attached hydrogen (secondary N) is 1. The standard InChI is InChI=1S/C27H23ClFN5O4/c28-19-7-3-17(4-8-19)16-23(27(26(30)36)37-14-15-38-27)32-25(35)21-2-1-12-31-24(21)34-13-11-22(33-34)18-5-9-20(29)10-6-18/h1-13,23H,14-16H2,(H2,30,36)(H,32,35). The van der Waals surface area contributed by atoms with Gasteiger partial charge in [0.05, 0.1) is 30.5 Å². The lowest BCUT2D eigenvalue weighted by atomic mass is 9.97. The largest absolute Gasteiger partial charge is 0.365 e. The van der Waals surface area contributed by atoms with Crippen molar-refractivity contribution in [2.75, 3.05) is 13.2 Å². The Bertz CT molecular complexity index is 1450. The van der Waals surface area contributed by atoms with Gasteiger partial charge in [0.25, 0.3) is 17.6 Å². The van der Waals surface area contributed by atoms with E-state index in [-0.39, 0.29) is 36.8 Å². The van der Waals surface area contributed by atoms with Gasteiger partial charge < -0.3 is 20.5 Å². The summed E-state index contributed by atoms with van der Waals surface area (Å²) >= 11 is 6.02. The summed E-state index contributed by atoms with van der Waals surface area (Å²) in [6, 6.07) is 16.9. The second-order valence-electron chi connectivity index (χ2n) is 8.61. The third-order valence-electron chi connectivity index (χ3n) is 6.15. The number of rotatable bonds is 8. The number of amides is 2. The maximum atomic E-state index is 13.6. The fourth-order valence-electron chi connectivity index (χ4n) is 4.29. The van der Waals surface area contributed by atoms with E-state index in [9.17, 15) is 14.0 Å². The average molecular weight is 536 g/mol. The van der Waals surface area contributed by atoms with Crippen molar-refractivity contribution in [1.82, 2.24) is 20.1 Å². The van der Waals surface area contributed by atoms with E-state index in [0.29, 0.717) is 16.3 Å². The van der Waals surface area contributed by atoms with Crippen LogP contribution in [0.5, 0.6) is 0 Å². The second kappa shape index (κ2) is 10.7. The molecule has 194 valence electrons. The number of carbonyl (C=O) groups excluding carboxylic acids is 2. The molecule has 1 saturated heterocycles. The van der Waals surface area contributed by atoms with E-state index in [1.54, 1.807) is 60.8 Å². The van der Waals surface area contributed by atoms with Crippen LogP contribution in [0.25, 0.3) is 17.1 Å². The second-order valence-corrected chi connectivity index (χ2v) is 9.05. The minimum atomic E-state index is -1.85. The molecule has 1 atom stereocenters. The first-order valence-electron chi connectivity index (χ1n) is 11.8. The molecule has 0 radical (unpaired) electrons. The molecule has 4 aromatic rings. The van der Waals surface area contributed by atoms with Gasteiger partial charge >= 0.3 is 0 Å². The number of halogens is 2. The van der Waals surface area contributed by atoms with E-state index < -0.39 is 23.6 Å². The first kappa shape index (κ1) is 25.5. The highest BCUT2D eigenvalue weighted by Gasteiger charge is 2.51. The molecule has 2 amide bonds. The molecule has 9 nitrogen and oxygen atoms in total. The summed E-state index contributed by atoms with van der Waals surface area (Å²) in [6.45, 7) is 0.293. The Hall–Kier alpha value is -4.12. The van der Waals surface area contributed by atoms with E-state index in [2.05, 4.69) is 15.4 Å². The maximum absolute atomic E-state index is 13.6. The lowest BCUT2D eigenvalue weighted by molar-refractivity contribution is -0.189. The third-order valence-corrected chi connectivity index (χ3v) is 6.41. The Kier molecular flexibility index (Phi) is 7.19. The van der Waals surface area contributed by atoms with Gasteiger partial charge in [-0.2, -0.15) is 5.10 Å². The smallest absolute Gasteiger partial charge is 0.280 e. The molecule has 1 aliphatic rings. The van der Waals surface area contributed by atoms with Gasteiger partial charge in [0.1, 0.15) is 5.82 Å². The zero-order chi connectivity index (χ0) is 26.7. The van der Waals surface area contributed by atoms with Crippen LogP contribution in [0.2, 0.25) is 5.02 Å². The van der Waals surface area contributed by atoms with Gasteiger partial charge in [-0.05, 0) is 66.6 Å². The van der Waals surface area contributed by atoms with Crippen molar-refractivity contribution in [1.29, 1.82) is 0 Å². The van der Waals surface area contributed by atoms with Crippen LogP contribution in [0.3, 0.4) is 0 Å². The summed E-state index contributed by atoms with van der Waals surface area (Å²) < 4.78 is 26.1. The fraction of sp³-hybridized carbons (Fsp3) is 0.185. The molecule has 0 aliphatic carbocycles. The highest BCUT2D eigenvalue weighted by molar-refractivity contribution is 6.30. The van der Waals surface area contributed by atoms with Gasteiger partial charge in [-0.1, -0.05) is 23.7 Å². The van der Waals surface area contributed by atoms with Crippen LogP contribution in [0.15, 0.2) is 79.1 Å². The number of hydrogen-bond donors (Lipinski definition) is 2. The van der Waals surface area contributed by atoms with Crippen LogP contribution in [-0.4, -0.2) is 51.6 Å². The summed E-state index contributed by atoms with van der Waals surface area (Å²) in [5, 5.41) is 7.93. The minimum absolute atomic E-state index is 0.146. The topological polar surface area (TPSA) is 121 Å². The number of nitrogens with two attached hydrogens (primary N) is 1. The summed E-state index contributed by atoms with van der Waals surface area (Å²) in [6.07, 6.45) is 3.36. The van der Waals surface area contributed by atoms with Crippen molar-refractivity contribution in [2.45, 2.75) is 18.2 Å². The number of primary amides is 1. The number of benzene rings is 2. The molecule has 0 bridgehead atoms.